The second-order valence-electron chi connectivity index (χ2n) is 4.84. The molecule has 1 aliphatic rings. The molecule has 1 aliphatic carbocycles. The summed E-state index contributed by atoms with van der Waals surface area (Å²) in [4.78, 5) is 39.7. The third kappa shape index (κ3) is 3.25. The summed E-state index contributed by atoms with van der Waals surface area (Å²) in [6.07, 6.45) is 3.63. The van der Waals surface area contributed by atoms with Crippen LogP contribution in [0.25, 0.3) is 0 Å². The number of aromatic nitrogens is 1. The summed E-state index contributed by atoms with van der Waals surface area (Å²) < 4.78 is 5.87. The fourth-order valence-electron chi connectivity index (χ4n) is 2.11. The van der Waals surface area contributed by atoms with Crippen molar-refractivity contribution in [3.63, 3.8) is 0 Å². The number of anilines is 1. The first-order valence-electron chi connectivity index (χ1n) is 6.70. The monoisotopic (exact) mass is 343 g/mol. The number of nitrogens with one attached hydrogen (secondary N) is 2. The van der Waals surface area contributed by atoms with Crippen molar-refractivity contribution in [3.8, 4) is 0 Å². The van der Waals surface area contributed by atoms with Crippen LogP contribution in [0.1, 0.15) is 36.7 Å². The molecule has 0 radical (unpaired) electrons. The van der Waals surface area contributed by atoms with Crippen LogP contribution in [-0.2, 0) is 14.3 Å². The van der Waals surface area contributed by atoms with Crippen molar-refractivity contribution >= 4 is 45.9 Å². The van der Waals surface area contributed by atoms with Crippen LogP contribution in [0.4, 0.5) is 5.00 Å². The number of rotatable bonds is 5. The summed E-state index contributed by atoms with van der Waals surface area (Å²) in [5.74, 6) is -1.27. The number of carbonyl (C=O) groups is 3. The Labute approximate surface area is 136 Å². The van der Waals surface area contributed by atoms with E-state index in [1.165, 1.54) is 37.1 Å². The maximum absolute atomic E-state index is 12.5. The second kappa shape index (κ2) is 6.66. The first-order valence-corrected chi connectivity index (χ1v) is 8.74. The van der Waals surface area contributed by atoms with Crippen LogP contribution < -0.4 is 10.6 Å². The van der Waals surface area contributed by atoms with Crippen molar-refractivity contribution in [2.45, 2.75) is 36.1 Å². The Morgan fingerprint density at radius 2 is 2.05 bits per heavy atom. The molecule has 0 bridgehead atoms. The number of nitrogens with zero attached hydrogens (tertiary/aromatic N) is 1. The van der Waals surface area contributed by atoms with Crippen LogP contribution in [0.3, 0.4) is 0 Å². The molecule has 0 unspecified atom stereocenters. The van der Waals surface area contributed by atoms with Gasteiger partial charge in [0.05, 0.1) is 0 Å². The predicted octanol–water partition coefficient (Wildman–Crippen LogP) is 1.65. The third-order valence-corrected chi connectivity index (χ3v) is 5.32. The Kier molecular flexibility index (Phi) is 5.07. The molecule has 1 saturated carbocycles. The molecule has 7 nitrogen and oxygen atoms in total. The van der Waals surface area contributed by atoms with Crippen molar-refractivity contribution in [2.24, 2.45) is 0 Å². The zero-order valence-corrected chi connectivity index (χ0v) is 14.2. The fraction of sp³-hybridized carbons (Fsp3) is 0.538. The number of hydrogen-bond acceptors (Lipinski definition) is 7. The normalized spacial score (nSPS) is 15.6. The molecule has 0 atom stereocenters. The Morgan fingerprint density at radius 3 is 2.50 bits per heavy atom. The maximum atomic E-state index is 12.5. The second-order valence-corrected chi connectivity index (χ2v) is 6.89. The quantitative estimate of drug-likeness (QED) is 0.623. The van der Waals surface area contributed by atoms with Gasteiger partial charge in [-0.05, 0) is 25.5 Å². The Bertz CT molecular complexity index is 610. The average molecular weight is 343 g/mol. The van der Waals surface area contributed by atoms with Crippen LogP contribution in [0, 0.1) is 0 Å². The lowest BCUT2D eigenvalue weighted by Gasteiger charge is -2.38. The van der Waals surface area contributed by atoms with E-state index in [-0.39, 0.29) is 11.6 Å². The number of thioether (sulfide) groups is 1. The van der Waals surface area contributed by atoms with Gasteiger partial charge in [-0.15, -0.1) is 0 Å². The molecule has 0 aromatic carbocycles. The largest absolute Gasteiger partial charge is 0.449 e. The Morgan fingerprint density at radius 1 is 1.36 bits per heavy atom. The summed E-state index contributed by atoms with van der Waals surface area (Å²) in [5.41, 5.74) is -0.947. The standard InChI is InChI=1S/C13H17N3O4S2/c1-7(17)20-13(5-4-6-13)11(19)16-10-8(9(18)14-2)15-12(21-3)22-10/h4-6H2,1-3H3,(H,14,18)(H,16,19). The van der Waals surface area contributed by atoms with Crippen molar-refractivity contribution in [2.75, 3.05) is 18.6 Å². The van der Waals surface area contributed by atoms with E-state index in [0.29, 0.717) is 22.2 Å². The van der Waals surface area contributed by atoms with Gasteiger partial charge in [-0.3, -0.25) is 14.4 Å². The van der Waals surface area contributed by atoms with Crippen LogP contribution in [0.2, 0.25) is 0 Å². The lowest BCUT2D eigenvalue weighted by molar-refractivity contribution is -0.173. The summed E-state index contributed by atoms with van der Waals surface area (Å²) >= 11 is 2.61. The minimum Gasteiger partial charge on any atom is -0.449 e. The number of amides is 2. The molecule has 9 heteroatoms. The van der Waals surface area contributed by atoms with Crippen LogP contribution >= 0.6 is 23.1 Å². The topological polar surface area (TPSA) is 97.4 Å². The highest BCUT2D eigenvalue weighted by molar-refractivity contribution is 8.00. The number of esters is 1. The maximum Gasteiger partial charge on any atom is 0.303 e. The number of carbonyl (C=O) groups excluding carboxylic acids is 3. The minimum atomic E-state index is -1.12. The average Bonchev–Trinajstić information content (AvgIpc) is 2.84. The molecule has 120 valence electrons. The van der Waals surface area contributed by atoms with Gasteiger partial charge in [0.1, 0.15) is 5.00 Å². The molecule has 1 aromatic rings. The number of thiazole rings is 1. The van der Waals surface area contributed by atoms with Gasteiger partial charge in [-0.1, -0.05) is 23.1 Å². The molecular formula is C13H17N3O4S2. The number of hydrogen-bond donors (Lipinski definition) is 2. The highest BCUT2D eigenvalue weighted by Gasteiger charge is 2.48. The molecule has 0 saturated heterocycles. The summed E-state index contributed by atoms with van der Waals surface area (Å²) in [7, 11) is 1.50. The van der Waals surface area contributed by atoms with Crippen molar-refractivity contribution in [1.29, 1.82) is 0 Å². The molecule has 1 aromatic heterocycles. The summed E-state index contributed by atoms with van der Waals surface area (Å²) in [6.45, 7) is 1.28. The smallest absolute Gasteiger partial charge is 0.303 e. The van der Waals surface area contributed by atoms with Gasteiger partial charge in [0, 0.05) is 14.0 Å². The molecule has 2 N–H and O–H groups in total. The van der Waals surface area contributed by atoms with E-state index in [2.05, 4.69) is 15.6 Å². The van der Waals surface area contributed by atoms with Crippen LogP contribution in [0.15, 0.2) is 4.34 Å². The fourth-order valence-corrected chi connectivity index (χ4v) is 3.57. The van der Waals surface area contributed by atoms with Crippen LogP contribution in [0.5, 0.6) is 0 Å². The lowest BCUT2D eigenvalue weighted by atomic mass is 9.79. The molecule has 2 rings (SSSR count). The van der Waals surface area contributed by atoms with Gasteiger partial charge >= 0.3 is 5.97 Å². The zero-order valence-electron chi connectivity index (χ0n) is 12.5. The van der Waals surface area contributed by atoms with Crippen molar-refractivity contribution in [1.82, 2.24) is 10.3 Å². The molecule has 0 spiro atoms. The van der Waals surface area contributed by atoms with Gasteiger partial charge in [0.15, 0.2) is 15.6 Å². The Balaban J connectivity index is 2.22. The molecule has 0 aliphatic heterocycles. The van der Waals surface area contributed by atoms with E-state index in [9.17, 15) is 14.4 Å². The third-order valence-electron chi connectivity index (χ3n) is 3.37. The predicted molar refractivity (Wildman–Crippen MR) is 84.3 cm³/mol. The Hall–Kier alpha value is -1.61. The van der Waals surface area contributed by atoms with Crippen LogP contribution in [-0.4, -0.2) is 41.7 Å². The van der Waals surface area contributed by atoms with E-state index >= 15 is 0 Å². The molecular weight excluding hydrogens is 326 g/mol. The molecule has 2 amide bonds. The summed E-state index contributed by atoms with van der Waals surface area (Å²) in [6, 6.07) is 0. The molecule has 22 heavy (non-hydrogen) atoms. The summed E-state index contributed by atoms with van der Waals surface area (Å²) in [5, 5.41) is 5.55. The first kappa shape index (κ1) is 16.8. The molecule has 1 fully saturated rings. The van der Waals surface area contributed by atoms with E-state index in [1.807, 2.05) is 6.26 Å². The first-order chi connectivity index (χ1) is 10.4. The van der Waals surface area contributed by atoms with Gasteiger partial charge in [-0.2, -0.15) is 0 Å². The van der Waals surface area contributed by atoms with Gasteiger partial charge in [-0.25, -0.2) is 4.98 Å². The zero-order chi connectivity index (χ0) is 16.3. The van der Waals surface area contributed by atoms with E-state index in [1.54, 1.807) is 0 Å². The van der Waals surface area contributed by atoms with Crippen molar-refractivity contribution in [3.05, 3.63) is 5.69 Å². The van der Waals surface area contributed by atoms with E-state index in [0.717, 1.165) is 6.42 Å². The molecule has 1 heterocycles. The van der Waals surface area contributed by atoms with Gasteiger partial charge < -0.3 is 15.4 Å². The minimum absolute atomic E-state index is 0.169. The van der Waals surface area contributed by atoms with Gasteiger partial charge in [0.25, 0.3) is 11.8 Å². The lowest BCUT2D eigenvalue weighted by Crippen LogP contribution is -2.51. The highest BCUT2D eigenvalue weighted by atomic mass is 32.2. The SMILES string of the molecule is CNC(=O)c1nc(SC)sc1NC(=O)C1(OC(C)=O)CCC1. The highest BCUT2D eigenvalue weighted by Crippen LogP contribution is 2.38. The number of ether oxygens (including phenoxy) is 1. The van der Waals surface area contributed by atoms with E-state index in [4.69, 9.17) is 4.74 Å². The van der Waals surface area contributed by atoms with E-state index < -0.39 is 17.5 Å². The van der Waals surface area contributed by atoms with Gasteiger partial charge in [0.2, 0.25) is 0 Å². The van der Waals surface area contributed by atoms with Crippen molar-refractivity contribution < 1.29 is 19.1 Å².